The molecular weight excluding hydrogens is 364 g/mol. The third-order valence-electron chi connectivity index (χ3n) is 5.67. The van der Waals surface area contributed by atoms with E-state index in [4.69, 9.17) is 17.3 Å². The predicted molar refractivity (Wildman–Crippen MR) is 104 cm³/mol. The van der Waals surface area contributed by atoms with Gasteiger partial charge in [-0.05, 0) is 68.3 Å². The molecule has 3 rings (SSSR count). The molecule has 2 aromatic rings. The Morgan fingerprint density at radius 3 is 2.59 bits per heavy atom. The first-order valence-electron chi connectivity index (χ1n) is 9.41. The average molecular weight is 391 g/mol. The Morgan fingerprint density at radius 1 is 1.33 bits per heavy atom. The number of rotatable bonds is 6. The molecular formula is C19H27ClN6O. The van der Waals surface area contributed by atoms with Crippen LogP contribution in [0.25, 0.3) is 0 Å². The summed E-state index contributed by atoms with van der Waals surface area (Å²) in [6.45, 7) is 7.84. The number of primary amides is 1. The number of nitrogens with zero attached hydrogens (tertiary/aromatic N) is 5. The van der Waals surface area contributed by atoms with Gasteiger partial charge in [0.15, 0.2) is 5.82 Å². The summed E-state index contributed by atoms with van der Waals surface area (Å²) in [4.78, 5) is 13.9. The van der Waals surface area contributed by atoms with Crippen LogP contribution in [0.15, 0.2) is 24.3 Å². The minimum Gasteiger partial charge on any atom is -0.369 e. The number of piperidine rings is 1. The molecule has 0 bridgehead atoms. The molecule has 1 aliphatic heterocycles. The van der Waals surface area contributed by atoms with Crippen LogP contribution in [0.3, 0.4) is 0 Å². The van der Waals surface area contributed by atoms with E-state index in [-0.39, 0.29) is 23.4 Å². The van der Waals surface area contributed by atoms with E-state index in [1.165, 1.54) is 0 Å². The first kappa shape index (κ1) is 19.8. The predicted octanol–water partition coefficient (Wildman–Crippen LogP) is 2.76. The van der Waals surface area contributed by atoms with E-state index in [0.717, 1.165) is 43.7 Å². The highest BCUT2D eigenvalue weighted by Crippen LogP contribution is 2.36. The van der Waals surface area contributed by atoms with Gasteiger partial charge in [-0.3, -0.25) is 9.69 Å². The first-order valence-corrected chi connectivity index (χ1v) is 9.79. The Kier molecular flexibility index (Phi) is 5.81. The van der Waals surface area contributed by atoms with Crippen molar-refractivity contribution in [3.8, 4) is 0 Å². The number of hydrogen-bond donors (Lipinski definition) is 1. The fraction of sp³-hybridized carbons (Fsp3) is 0.579. The summed E-state index contributed by atoms with van der Waals surface area (Å²) in [5.41, 5.74) is 6.26. The van der Waals surface area contributed by atoms with Crippen LogP contribution < -0.4 is 5.73 Å². The van der Waals surface area contributed by atoms with Crippen LogP contribution in [-0.2, 0) is 10.3 Å². The molecule has 1 aromatic heterocycles. The number of hydrogen-bond acceptors (Lipinski definition) is 5. The fourth-order valence-electron chi connectivity index (χ4n) is 3.58. The highest BCUT2D eigenvalue weighted by atomic mass is 35.5. The molecule has 146 valence electrons. The topological polar surface area (TPSA) is 89.9 Å². The van der Waals surface area contributed by atoms with Gasteiger partial charge in [-0.15, -0.1) is 5.10 Å². The number of carbonyl (C=O) groups is 1. The van der Waals surface area contributed by atoms with Gasteiger partial charge in [0.2, 0.25) is 5.91 Å². The fourth-order valence-corrected chi connectivity index (χ4v) is 3.82. The maximum atomic E-state index is 11.6. The molecule has 1 saturated heterocycles. The number of likely N-dealkylation sites (tertiary alicyclic amines) is 1. The molecule has 2 N–H and O–H groups in total. The van der Waals surface area contributed by atoms with E-state index in [1.807, 2.05) is 28.9 Å². The minimum absolute atomic E-state index is 0.0729. The van der Waals surface area contributed by atoms with Gasteiger partial charge in [-0.1, -0.05) is 36.7 Å². The number of nitrogens with two attached hydrogens (primary N) is 1. The molecule has 0 radical (unpaired) electrons. The highest BCUT2D eigenvalue weighted by molar-refractivity contribution is 6.31. The molecule has 27 heavy (non-hydrogen) atoms. The smallest absolute Gasteiger partial charge is 0.220 e. The molecule has 1 aromatic carbocycles. The first-order chi connectivity index (χ1) is 12.8. The second kappa shape index (κ2) is 7.94. The van der Waals surface area contributed by atoms with Crippen molar-refractivity contribution >= 4 is 17.5 Å². The summed E-state index contributed by atoms with van der Waals surface area (Å²) >= 11 is 6.56. The van der Waals surface area contributed by atoms with Crippen molar-refractivity contribution in [3.05, 3.63) is 40.7 Å². The number of halogens is 1. The van der Waals surface area contributed by atoms with Crippen molar-refractivity contribution in [2.45, 2.75) is 51.6 Å². The van der Waals surface area contributed by atoms with Crippen LogP contribution in [0.4, 0.5) is 0 Å². The van der Waals surface area contributed by atoms with Crippen LogP contribution >= 0.6 is 11.6 Å². The van der Waals surface area contributed by atoms with Crippen LogP contribution in [0.2, 0.25) is 5.02 Å². The van der Waals surface area contributed by atoms with E-state index in [9.17, 15) is 4.79 Å². The summed E-state index contributed by atoms with van der Waals surface area (Å²) in [7, 11) is 0. The molecule has 0 aliphatic carbocycles. The van der Waals surface area contributed by atoms with Crippen LogP contribution in [0.5, 0.6) is 0 Å². The second-order valence-corrected chi connectivity index (χ2v) is 8.16. The van der Waals surface area contributed by atoms with Gasteiger partial charge in [0.1, 0.15) is 0 Å². The summed E-state index contributed by atoms with van der Waals surface area (Å²) in [6, 6.07) is 7.63. The van der Waals surface area contributed by atoms with E-state index in [0.29, 0.717) is 5.02 Å². The van der Waals surface area contributed by atoms with Gasteiger partial charge >= 0.3 is 0 Å². The largest absolute Gasteiger partial charge is 0.369 e. The second-order valence-electron chi connectivity index (χ2n) is 7.75. The summed E-state index contributed by atoms with van der Waals surface area (Å²) in [5, 5.41) is 13.3. The van der Waals surface area contributed by atoms with Crippen molar-refractivity contribution in [1.82, 2.24) is 25.1 Å². The Balaban J connectivity index is 2.02. The SMILES string of the molecule is CCC(C)(C)n1nnnc1C(c1ccccc1Cl)N1CCC(C(N)=O)CC1. The van der Waals surface area contributed by atoms with Crippen LogP contribution in [-0.4, -0.2) is 44.1 Å². The minimum atomic E-state index is -0.221. The zero-order valence-corrected chi connectivity index (χ0v) is 16.9. The number of amides is 1. The van der Waals surface area contributed by atoms with Crippen molar-refractivity contribution in [3.63, 3.8) is 0 Å². The molecule has 1 atom stereocenters. The van der Waals surface area contributed by atoms with Crippen molar-refractivity contribution in [1.29, 1.82) is 0 Å². The Morgan fingerprint density at radius 2 is 2.00 bits per heavy atom. The van der Waals surface area contributed by atoms with E-state index >= 15 is 0 Å². The molecule has 1 aliphatic rings. The van der Waals surface area contributed by atoms with Gasteiger partial charge in [0.25, 0.3) is 0 Å². The third kappa shape index (κ3) is 3.99. The number of carbonyl (C=O) groups excluding carboxylic acids is 1. The Hall–Kier alpha value is -1.99. The number of aromatic nitrogens is 4. The van der Waals surface area contributed by atoms with E-state index < -0.39 is 0 Å². The summed E-state index contributed by atoms with van der Waals surface area (Å²) in [5.74, 6) is 0.476. The van der Waals surface area contributed by atoms with Gasteiger partial charge in [0, 0.05) is 10.9 Å². The number of tetrazole rings is 1. The summed E-state index contributed by atoms with van der Waals surface area (Å²) in [6.07, 6.45) is 2.36. The quantitative estimate of drug-likeness (QED) is 0.818. The molecule has 2 heterocycles. The molecule has 0 spiro atoms. The van der Waals surface area contributed by atoms with Crippen molar-refractivity contribution < 1.29 is 4.79 Å². The zero-order chi connectivity index (χ0) is 19.6. The van der Waals surface area contributed by atoms with Gasteiger partial charge in [-0.2, -0.15) is 0 Å². The lowest BCUT2D eigenvalue weighted by Gasteiger charge is -2.37. The third-order valence-corrected chi connectivity index (χ3v) is 6.02. The Labute approximate surface area is 164 Å². The Bertz CT molecular complexity index is 797. The van der Waals surface area contributed by atoms with Crippen LogP contribution in [0, 0.1) is 5.92 Å². The zero-order valence-electron chi connectivity index (χ0n) is 16.1. The summed E-state index contributed by atoms with van der Waals surface area (Å²) < 4.78 is 1.90. The van der Waals surface area contributed by atoms with Crippen molar-refractivity contribution in [2.24, 2.45) is 11.7 Å². The molecule has 0 saturated carbocycles. The lowest BCUT2D eigenvalue weighted by Crippen LogP contribution is -2.42. The van der Waals surface area contributed by atoms with Crippen LogP contribution in [0.1, 0.15) is 57.5 Å². The maximum absolute atomic E-state index is 11.6. The van der Waals surface area contributed by atoms with Gasteiger partial charge in [-0.25, -0.2) is 4.68 Å². The van der Waals surface area contributed by atoms with E-state index in [1.54, 1.807) is 0 Å². The van der Waals surface area contributed by atoms with E-state index in [2.05, 4.69) is 41.2 Å². The molecule has 8 heteroatoms. The normalized spacial score (nSPS) is 17.8. The molecule has 7 nitrogen and oxygen atoms in total. The van der Waals surface area contributed by atoms with Gasteiger partial charge < -0.3 is 5.73 Å². The maximum Gasteiger partial charge on any atom is 0.220 e. The molecule has 1 amide bonds. The average Bonchev–Trinajstić information content (AvgIpc) is 3.14. The van der Waals surface area contributed by atoms with Crippen molar-refractivity contribution in [2.75, 3.05) is 13.1 Å². The lowest BCUT2D eigenvalue weighted by atomic mass is 9.93. The lowest BCUT2D eigenvalue weighted by molar-refractivity contribution is -0.123. The van der Waals surface area contributed by atoms with Gasteiger partial charge in [0.05, 0.1) is 11.6 Å². The molecule has 1 fully saturated rings. The number of benzene rings is 1. The monoisotopic (exact) mass is 390 g/mol. The highest BCUT2D eigenvalue weighted by Gasteiger charge is 2.36. The molecule has 1 unspecified atom stereocenters. The standard InChI is InChI=1S/C19H27ClN6O/c1-4-19(2,3)26-18(22-23-24-26)16(14-7-5-6-8-15(14)20)25-11-9-13(10-12-25)17(21)27/h5-8,13,16H,4,9-12H2,1-3H3,(H2,21,27).